The van der Waals surface area contributed by atoms with Crippen molar-refractivity contribution in [2.75, 3.05) is 25.5 Å². The van der Waals surface area contributed by atoms with Gasteiger partial charge in [-0.3, -0.25) is 9.97 Å². The van der Waals surface area contributed by atoms with E-state index in [1.54, 1.807) is 6.20 Å². The molecule has 2 aromatic rings. The monoisotopic (exact) mass is 336 g/mol. The fourth-order valence-electron chi connectivity index (χ4n) is 2.05. The number of pyridine rings is 2. The number of anilines is 1. The van der Waals surface area contributed by atoms with Crippen molar-refractivity contribution in [1.29, 1.82) is 0 Å². The van der Waals surface area contributed by atoms with Gasteiger partial charge in [0.2, 0.25) is 0 Å². The largest absolute Gasteiger partial charge is 0.382 e. The molecule has 0 fully saturated rings. The number of hydrogen-bond acceptors (Lipinski definition) is 4. The van der Waals surface area contributed by atoms with Gasteiger partial charge >= 0.3 is 0 Å². The molecule has 0 aliphatic rings. The van der Waals surface area contributed by atoms with Crippen LogP contribution in [0, 0.1) is 0 Å². The molecule has 0 aliphatic heterocycles. The molecule has 0 bridgehead atoms. The molecule has 0 aliphatic carbocycles. The van der Waals surface area contributed by atoms with Crippen LogP contribution in [0.1, 0.15) is 20.3 Å². The van der Waals surface area contributed by atoms with Crippen LogP contribution in [-0.2, 0) is 0 Å². The molecule has 0 saturated heterocycles. The highest BCUT2D eigenvalue weighted by molar-refractivity contribution is 9.10. The molecule has 0 amide bonds. The van der Waals surface area contributed by atoms with Crippen LogP contribution in [0.4, 0.5) is 5.69 Å². The lowest BCUT2D eigenvalue weighted by Gasteiger charge is -2.23. The van der Waals surface area contributed by atoms with Gasteiger partial charge in [-0.1, -0.05) is 6.92 Å². The van der Waals surface area contributed by atoms with E-state index in [9.17, 15) is 0 Å². The summed E-state index contributed by atoms with van der Waals surface area (Å²) in [6.07, 6.45) is 4.79. The topological polar surface area (TPSA) is 41.0 Å². The number of nitrogens with zero attached hydrogens (tertiary/aromatic N) is 3. The van der Waals surface area contributed by atoms with Crippen LogP contribution in [0.3, 0.4) is 0 Å². The third-order valence-corrected chi connectivity index (χ3v) is 4.10. The maximum absolute atomic E-state index is 4.44. The standard InChI is InChI=1S/C15H21BrN4/c1-4-11(2)20(3)8-7-18-13-5-6-17-14-9-12(16)10-19-15(13)14/h5-6,9-11H,4,7-8H2,1-3H3,(H,17,18). The summed E-state index contributed by atoms with van der Waals surface area (Å²) in [7, 11) is 2.16. The molecule has 1 atom stereocenters. The van der Waals surface area contributed by atoms with E-state index in [0.717, 1.165) is 34.3 Å². The van der Waals surface area contributed by atoms with Gasteiger partial charge in [-0.2, -0.15) is 0 Å². The highest BCUT2D eigenvalue weighted by atomic mass is 79.9. The zero-order chi connectivity index (χ0) is 14.5. The van der Waals surface area contributed by atoms with E-state index in [-0.39, 0.29) is 0 Å². The van der Waals surface area contributed by atoms with Gasteiger partial charge in [0, 0.05) is 36.0 Å². The Bertz CT molecular complexity index is 573. The Morgan fingerprint density at radius 3 is 2.95 bits per heavy atom. The molecule has 0 radical (unpaired) electrons. The van der Waals surface area contributed by atoms with E-state index in [1.165, 1.54) is 6.42 Å². The van der Waals surface area contributed by atoms with Crippen molar-refractivity contribution < 1.29 is 0 Å². The summed E-state index contributed by atoms with van der Waals surface area (Å²) in [6.45, 7) is 6.38. The Kier molecular flexibility index (Phi) is 5.31. The number of hydrogen-bond donors (Lipinski definition) is 1. The van der Waals surface area contributed by atoms with Crippen LogP contribution in [0.15, 0.2) is 29.0 Å². The number of fused-ring (bicyclic) bond motifs is 1. The highest BCUT2D eigenvalue weighted by Crippen LogP contribution is 2.21. The molecule has 2 heterocycles. The van der Waals surface area contributed by atoms with Crippen molar-refractivity contribution in [1.82, 2.24) is 14.9 Å². The summed E-state index contributed by atoms with van der Waals surface area (Å²) in [6, 6.07) is 4.57. The summed E-state index contributed by atoms with van der Waals surface area (Å²) in [5.41, 5.74) is 2.86. The van der Waals surface area contributed by atoms with Crippen molar-refractivity contribution in [3.8, 4) is 0 Å². The van der Waals surface area contributed by atoms with Gasteiger partial charge in [-0.05, 0) is 48.5 Å². The Morgan fingerprint density at radius 1 is 1.40 bits per heavy atom. The second-order valence-electron chi connectivity index (χ2n) is 5.04. The zero-order valence-corrected chi connectivity index (χ0v) is 13.8. The lowest BCUT2D eigenvalue weighted by Crippen LogP contribution is -2.32. The van der Waals surface area contributed by atoms with Crippen LogP contribution >= 0.6 is 15.9 Å². The minimum atomic E-state index is 0.611. The molecule has 0 spiro atoms. The molecule has 0 aromatic carbocycles. The molecule has 0 saturated carbocycles. The zero-order valence-electron chi connectivity index (χ0n) is 12.2. The maximum Gasteiger partial charge on any atom is 0.112 e. The molecule has 1 unspecified atom stereocenters. The summed E-state index contributed by atoms with van der Waals surface area (Å²) in [4.78, 5) is 11.2. The first-order valence-electron chi connectivity index (χ1n) is 6.96. The maximum atomic E-state index is 4.44. The van der Waals surface area contributed by atoms with Gasteiger partial charge < -0.3 is 10.2 Å². The van der Waals surface area contributed by atoms with Crippen LogP contribution in [0.2, 0.25) is 0 Å². The second kappa shape index (κ2) is 6.99. The number of likely N-dealkylation sites (N-methyl/N-ethyl adjacent to an activating group) is 1. The number of nitrogens with one attached hydrogen (secondary N) is 1. The van der Waals surface area contributed by atoms with Crippen LogP contribution in [0.25, 0.3) is 11.0 Å². The van der Waals surface area contributed by atoms with Crippen molar-refractivity contribution >= 4 is 32.7 Å². The fraction of sp³-hybridized carbons (Fsp3) is 0.467. The molecule has 108 valence electrons. The second-order valence-corrected chi connectivity index (χ2v) is 5.96. The van der Waals surface area contributed by atoms with E-state index in [2.05, 4.69) is 57.0 Å². The third-order valence-electron chi connectivity index (χ3n) is 3.67. The van der Waals surface area contributed by atoms with Crippen molar-refractivity contribution in [3.63, 3.8) is 0 Å². The van der Waals surface area contributed by atoms with E-state index >= 15 is 0 Å². The molecule has 20 heavy (non-hydrogen) atoms. The van der Waals surface area contributed by atoms with Gasteiger partial charge in [-0.25, -0.2) is 0 Å². The predicted octanol–water partition coefficient (Wildman–Crippen LogP) is 3.53. The Balaban J connectivity index is 2.03. The summed E-state index contributed by atoms with van der Waals surface area (Å²) in [5, 5.41) is 3.46. The third kappa shape index (κ3) is 3.67. The van der Waals surface area contributed by atoms with Gasteiger partial charge in [0.25, 0.3) is 0 Å². The normalized spacial score (nSPS) is 12.8. The summed E-state index contributed by atoms with van der Waals surface area (Å²) < 4.78 is 0.950. The van der Waals surface area contributed by atoms with Gasteiger partial charge in [0.1, 0.15) is 5.52 Å². The lowest BCUT2D eigenvalue weighted by molar-refractivity contribution is 0.261. The highest BCUT2D eigenvalue weighted by Gasteiger charge is 2.07. The number of rotatable bonds is 6. The minimum absolute atomic E-state index is 0.611. The van der Waals surface area contributed by atoms with Gasteiger partial charge in [0.05, 0.1) is 11.2 Å². The van der Waals surface area contributed by atoms with Gasteiger partial charge in [0.15, 0.2) is 0 Å². The average Bonchev–Trinajstić information content (AvgIpc) is 2.46. The summed E-state index contributed by atoms with van der Waals surface area (Å²) in [5.74, 6) is 0. The first kappa shape index (κ1) is 15.2. The van der Waals surface area contributed by atoms with Crippen molar-refractivity contribution in [2.45, 2.75) is 26.3 Å². The van der Waals surface area contributed by atoms with Crippen molar-refractivity contribution in [3.05, 3.63) is 29.0 Å². The molecular formula is C15H21BrN4. The molecule has 2 rings (SSSR count). The average molecular weight is 337 g/mol. The Hall–Kier alpha value is -1.20. The smallest absolute Gasteiger partial charge is 0.112 e. The minimum Gasteiger partial charge on any atom is -0.382 e. The lowest BCUT2D eigenvalue weighted by atomic mass is 10.2. The van der Waals surface area contributed by atoms with Crippen molar-refractivity contribution in [2.24, 2.45) is 0 Å². The first-order valence-corrected chi connectivity index (χ1v) is 7.75. The fourth-order valence-corrected chi connectivity index (χ4v) is 2.37. The summed E-state index contributed by atoms with van der Waals surface area (Å²) >= 11 is 3.42. The van der Waals surface area contributed by atoms with E-state index < -0.39 is 0 Å². The number of aromatic nitrogens is 2. The van der Waals surface area contributed by atoms with E-state index in [0.29, 0.717) is 6.04 Å². The Morgan fingerprint density at radius 2 is 2.20 bits per heavy atom. The predicted molar refractivity (Wildman–Crippen MR) is 88.1 cm³/mol. The molecular weight excluding hydrogens is 316 g/mol. The quantitative estimate of drug-likeness (QED) is 0.875. The van der Waals surface area contributed by atoms with Crippen LogP contribution in [0.5, 0.6) is 0 Å². The van der Waals surface area contributed by atoms with E-state index in [4.69, 9.17) is 0 Å². The number of halogens is 1. The van der Waals surface area contributed by atoms with Crippen LogP contribution in [-0.4, -0.2) is 41.0 Å². The molecule has 5 heteroatoms. The van der Waals surface area contributed by atoms with Gasteiger partial charge in [-0.15, -0.1) is 0 Å². The van der Waals surface area contributed by atoms with E-state index in [1.807, 2.05) is 18.3 Å². The first-order chi connectivity index (χ1) is 9.61. The van der Waals surface area contributed by atoms with Crippen LogP contribution < -0.4 is 5.32 Å². The molecule has 1 N–H and O–H groups in total. The SMILES string of the molecule is CCC(C)N(C)CCNc1ccnc2cc(Br)cnc12. The molecule has 4 nitrogen and oxygen atoms in total. The Labute approximate surface area is 128 Å². The molecule has 2 aromatic heterocycles.